The Bertz CT molecular complexity index is 505. The standard InChI is InChI=1S/C12H12BrN3O/c13-10-5-1-8(2-6-10)7-14-12-16-15-11(17-12)9-3-4-9/h1-2,5-6,9H,3-4,7H2,(H,14,16). The highest BCUT2D eigenvalue weighted by Crippen LogP contribution is 2.39. The SMILES string of the molecule is Brc1ccc(CNc2nnc(C3CC3)o2)cc1. The van der Waals surface area contributed by atoms with Crippen LogP contribution in [0.15, 0.2) is 33.2 Å². The van der Waals surface area contributed by atoms with E-state index < -0.39 is 0 Å². The lowest BCUT2D eigenvalue weighted by Gasteiger charge is -2.01. The molecule has 1 aromatic heterocycles. The molecule has 1 heterocycles. The summed E-state index contributed by atoms with van der Waals surface area (Å²) in [6.07, 6.45) is 2.35. The zero-order chi connectivity index (χ0) is 11.7. The molecule has 1 saturated carbocycles. The van der Waals surface area contributed by atoms with Gasteiger partial charge in [-0.2, -0.15) is 0 Å². The fraction of sp³-hybridized carbons (Fsp3) is 0.333. The lowest BCUT2D eigenvalue weighted by molar-refractivity contribution is 0.507. The molecule has 1 aliphatic carbocycles. The number of benzene rings is 1. The molecule has 0 spiro atoms. The number of aromatic nitrogens is 2. The van der Waals surface area contributed by atoms with Crippen molar-refractivity contribution in [3.63, 3.8) is 0 Å². The van der Waals surface area contributed by atoms with Gasteiger partial charge < -0.3 is 9.73 Å². The lowest BCUT2D eigenvalue weighted by Crippen LogP contribution is -1.99. The van der Waals surface area contributed by atoms with Crippen LogP contribution in [0, 0.1) is 0 Å². The maximum absolute atomic E-state index is 5.51. The minimum Gasteiger partial charge on any atom is -0.408 e. The molecule has 0 aliphatic heterocycles. The highest BCUT2D eigenvalue weighted by molar-refractivity contribution is 9.10. The maximum atomic E-state index is 5.51. The number of anilines is 1. The molecular weight excluding hydrogens is 282 g/mol. The molecule has 2 aromatic rings. The summed E-state index contributed by atoms with van der Waals surface area (Å²) in [5.41, 5.74) is 1.18. The minimum absolute atomic E-state index is 0.505. The molecular formula is C12H12BrN3O. The van der Waals surface area contributed by atoms with Crippen molar-refractivity contribution >= 4 is 21.9 Å². The highest BCUT2D eigenvalue weighted by Gasteiger charge is 2.29. The van der Waals surface area contributed by atoms with Crippen molar-refractivity contribution in [3.8, 4) is 0 Å². The van der Waals surface area contributed by atoms with E-state index in [9.17, 15) is 0 Å². The Morgan fingerprint density at radius 3 is 2.71 bits per heavy atom. The van der Waals surface area contributed by atoms with Crippen molar-refractivity contribution in [1.29, 1.82) is 0 Å². The molecule has 1 N–H and O–H groups in total. The third-order valence-corrected chi connectivity index (χ3v) is 3.25. The topological polar surface area (TPSA) is 51.0 Å². The second-order valence-electron chi connectivity index (χ2n) is 4.20. The van der Waals surface area contributed by atoms with Crippen molar-refractivity contribution in [2.45, 2.75) is 25.3 Å². The molecule has 88 valence electrons. The number of halogens is 1. The normalized spacial score (nSPS) is 14.9. The van der Waals surface area contributed by atoms with Crippen LogP contribution in [0.2, 0.25) is 0 Å². The Balaban J connectivity index is 1.60. The van der Waals surface area contributed by atoms with Crippen molar-refractivity contribution in [2.24, 2.45) is 0 Å². The first kappa shape index (κ1) is 10.8. The van der Waals surface area contributed by atoms with Crippen LogP contribution in [-0.4, -0.2) is 10.2 Å². The summed E-state index contributed by atoms with van der Waals surface area (Å²) < 4.78 is 6.59. The van der Waals surface area contributed by atoms with E-state index in [1.807, 2.05) is 12.1 Å². The first-order valence-electron chi connectivity index (χ1n) is 5.63. The second-order valence-corrected chi connectivity index (χ2v) is 5.12. The van der Waals surface area contributed by atoms with Gasteiger partial charge in [0.2, 0.25) is 5.89 Å². The number of rotatable bonds is 4. The zero-order valence-electron chi connectivity index (χ0n) is 9.19. The van der Waals surface area contributed by atoms with Gasteiger partial charge in [-0.05, 0) is 30.5 Å². The molecule has 4 nitrogen and oxygen atoms in total. The minimum atomic E-state index is 0.505. The number of hydrogen-bond acceptors (Lipinski definition) is 4. The van der Waals surface area contributed by atoms with Crippen LogP contribution < -0.4 is 5.32 Å². The van der Waals surface area contributed by atoms with Crippen LogP contribution in [0.4, 0.5) is 6.01 Å². The molecule has 0 saturated heterocycles. The van der Waals surface area contributed by atoms with Gasteiger partial charge in [0.05, 0.1) is 0 Å². The molecule has 3 rings (SSSR count). The van der Waals surface area contributed by atoms with Gasteiger partial charge in [0, 0.05) is 16.9 Å². The fourth-order valence-electron chi connectivity index (χ4n) is 1.58. The first-order chi connectivity index (χ1) is 8.31. The molecule has 1 fully saturated rings. The Hall–Kier alpha value is -1.36. The van der Waals surface area contributed by atoms with Gasteiger partial charge in [-0.3, -0.25) is 0 Å². The van der Waals surface area contributed by atoms with Gasteiger partial charge >= 0.3 is 6.01 Å². The van der Waals surface area contributed by atoms with Gasteiger partial charge in [0.25, 0.3) is 0 Å². The molecule has 5 heteroatoms. The summed E-state index contributed by atoms with van der Waals surface area (Å²) in [6.45, 7) is 0.694. The molecule has 17 heavy (non-hydrogen) atoms. The van der Waals surface area contributed by atoms with E-state index in [-0.39, 0.29) is 0 Å². The second kappa shape index (κ2) is 4.49. The number of hydrogen-bond donors (Lipinski definition) is 1. The van der Waals surface area contributed by atoms with Crippen molar-refractivity contribution < 1.29 is 4.42 Å². The predicted octanol–water partition coefficient (Wildman–Crippen LogP) is 3.32. The van der Waals surface area contributed by atoms with Crippen molar-refractivity contribution in [3.05, 3.63) is 40.2 Å². The molecule has 1 aliphatic rings. The third-order valence-electron chi connectivity index (χ3n) is 2.72. The van der Waals surface area contributed by atoms with Gasteiger partial charge in [-0.25, -0.2) is 0 Å². The average Bonchev–Trinajstić information content (AvgIpc) is 3.09. The van der Waals surface area contributed by atoms with E-state index >= 15 is 0 Å². The molecule has 0 radical (unpaired) electrons. The van der Waals surface area contributed by atoms with E-state index in [1.54, 1.807) is 0 Å². The summed E-state index contributed by atoms with van der Waals surface area (Å²) >= 11 is 3.41. The average molecular weight is 294 g/mol. The molecule has 0 bridgehead atoms. The number of nitrogens with zero attached hydrogens (tertiary/aromatic N) is 2. The summed E-state index contributed by atoms with van der Waals surface area (Å²) in [7, 11) is 0. The van der Waals surface area contributed by atoms with Crippen LogP contribution >= 0.6 is 15.9 Å². The van der Waals surface area contributed by atoms with E-state index in [4.69, 9.17) is 4.42 Å². The Morgan fingerprint density at radius 1 is 1.24 bits per heavy atom. The summed E-state index contributed by atoms with van der Waals surface area (Å²) in [6, 6.07) is 8.64. The van der Waals surface area contributed by atoms with Crippen LogP contribution in [-0.2, 0) is 6.54 Å². The van der Waals surface area contributed by atoms with Gasteiger partial charge in [-0.1, -0.05) is 33.2 Å². The summed E-state index contributed by atoms with van der Waals surface area (Å²) in [5.74, 6) is 1.27. The Kier molecular flexibility index (Phi) is 2.84. The predicted molar refractivity (Wildman–Crippen MR) is 67.7 cm³/mol. The molecule has 0 atom stereocenters. The van der Waals surface area contributed by atoms with Crippen LogP contribution in [0.1, 0.15) is 30.2 Å². The highest BCUT2D eigenvalue weighted by atomic mass is 79.9. The Morgan fingerprint density at radius 2 is 2.00 bits per heavy atom. The van der Waals surface area contributed by atoms with Gasteiger partial charge in [0.15, 0.2) is 0 Å². The molecule has 1 aromatic carbocycles. The van der Waals surface area contributed by atoms with Crippen molar-refractivity contribution in [2.75, 3.05) is 5.32 Å². The van der Waals surface area contributed by atoms with Crippen LogP contribution in [0.3, 0.4) is 0 Å². The summed E-state index contributed by atoms with van der Waals surface area (Å²) in [5, 5.41) is 11.1. The third kappa shape index (κ3) is 2.66. The lowest BCUT2D eigenvalue weighted by atomic mass is 10.2. The van der Waals surface area contributed by atoms with Gasteiger partial charge in [-0.15, -0.1) is 5.10 Å². The molecule has 0 unspecified atom stereocenters. The quantitative estimate of drug-likeness (QED) is 0.939. The fourth-order valence-corrected chi connectivity index (χ4v) is 1.85. The number of nitrogens with one attached hydrogen (secondary N) is 1. The van der Waals surface area contributed by atoms with E-state index in [0.29, 0.717) is 18.5 Å². The molecule has 0 amide bonds. The van der Waals surface area contributed by atoms with Crippen molar-refractivity contribution in [1.82, 2.24) is 10.2 Å². The van der Waals surface area contributed by atoms with Crippen LogP contribution in [0.25, 0.3) is 0 Å². The zero-order valence-corrected chi connectivity index (χ0v) is 10.8. The van der Waals surface area contributed by atoms with Gasteiger partial charge in [0.1, 0.15) is 0 Å². The maximum Gasteiger partial charge on any atom is 0.315 e. The monoisotopic (exact) mass is 293 g/mol. The van der Waals surface area contributed by atoms with Crippen LogP contribution in [0.5, 0.6) is 0 Å². The smallest absolute Gasteiger partial charge is 0.315 e. The summed E-state index contributed by atoms with van der Waals surface area (Å²) in [4.78, 5) is 0. The van der Waals surface area contributed by atoms with E-state index in [2.05, 4.69) is 43.6 Å². The first-order valence-corrected chi connectivity index (χ1v) is 6.42. The largest absolute Gasteiger partial charge is 0.408 e. The Labute approximate surface area is 108 Å². The van der Waals surface area contributed by atoms with E-state index in [1.165, 1.54) is 18.4 Å². The van der Waals surface area contributed by atoms with E-state index in [0.717, 1.165) is 10.4 Å².